The van der Waals surface area contributed by atoms with Gasteiger partial charge in [0.1, 0.15) is 12.6 Å². The molecular formula is C9H14N2O5S. The molecule has 8 heteroatoms. The highest BCUT2D eigenvalue weighted by atomic mass is 32.1. The molecule has 0 aliphatic rings. The molecule has 17 heavy (non-hydrogen) atoms. The second kappa shape index (κ2) is 6.89. The van der Waals surface area contributed by atoms with Gasteiger partial charge in [0.05, 0.1) is 0 Å². The molecule has 7 nitrogen and oxygen atoms in total. The second-order valence-electron chi connectivity index (χ2n) is 3.27. The van der Waals surface area contributed by atoms with Crippen LogP contribution in [0.15, 0.2) is 0 Å². The molecule has 0 heterocycles. The highest BCUT2D eigenvalue weighted by molar-refractivity contribution is 7.80. The van der Waals surface area contributed by atoms with E-state index in [1.165, 1.54) is 0 Å². The van der Waals surface area contributed by atoms with Crippen LogP contribution in [-0.4, -0.2) is 52.0 Å². The number of aliphatic carboxylic acids is 1. The van der Waals surface area contributed by atoms with Gasteiger partial charge >= 0.3 is 5.97 Å². The Labute approximate surface area is 104 Å². The van der Waals surface area contributed by atoms with Gasteiger partial charge in [0.25, 0.3) is 0 Å². The maximum atomic E-state index is 11.4. The summed E-state index contributed by atoms with van der Waals surface area (Å²) in [6.07, 6.45) is 0. The van der Waals surface area contributed by atoms with E-state index in [4.69, 9.17) is 5.11 Å². The van der Waals surface area contributed by atoms with E-state index in [9.17, 15) is 19.2 Å². The van der Waals surface area contributed by atoms with Gasteiger partial charge in [-0.05, 0) is 0 Å². The van der Waals surface area contributed by atoms with Crippen molar-refractivity contribution < 1.29 is 24.3 Å². The van der Waals surface area contributed by atoms with Crippen molar-refractivity contribution in [3.8, 4) is 0 Å². The highest BCUT2D eigenvalue weighted by Gasteiger charge is 2.22. The molecule has 0 fully saturated rings. The van der Waals surface area contributed by atoms with Crippen molar-refractivity contribution in [1.82, 2.24) is 10.2 Å². The first-order chi connectivity index (χ1) is 7.79. The van der Waals surface area contributed by atoms with Crippen LogP contribution in [0, 0.1) is 0 Å². The lowest BCUT2D eigenvalue weighted by Gasteiger charge is -2.18. The molecule has 0 spiro atoms. The summed E-state index contributed by atoms with van der Waals surface area (Å²) in [4.78, 5) is 44.7. The van der Waals surface area contributed by atoms with Gasteiger partial charge in [-0.25, -0.2) is 4.79 Å². The number of imide groups is 1. The van der Waals surface area contributed by atoms with Crippen LogP contribution in [-0.2, 0) is 19.2 Å². The van der Waals surface area contributed by atoms with Crippen molar-refractivity contribution in [1.29, 1.82) is 0 Å². The molecule has 0 saturated carbocycles. The predicted molar refractivity (Wildman–Crippen MR) is 61.5 cm³/mol. The van der Waals surface area contributed by atoms with Crippen molar-refractivity contribution in [2.45, 2.75) is 19.9 Å². The van der Waals surface area contributed by atoms with Gasteiger partial charge < -0.3 is 10.4 Å². The Bertz CT molecular complexity index is 330. The minimum Gasteiger partial charge on any atom is -0.480 e. The van der Waals surface area contributed by atoms with Gasteiger partial charge in [0, 0.05) is 19.6 Å². The number of thiol groups is 1. The number of nitrogens with zero attached hydrogens (tertiary/aromatic N) is 1. The number of rotatable bonds is 5. The summed E-state index contributed by atoms with van der Waals surface area (Å²) in [5.74, 6) is -3.19. The molecule has 2 N–H and O–H groups in total. The molecule has 0 rings (SSSR count). The monoisotopic (exact) mass is 262 g/mol. The Morgan fingerprint density at radius 2 is 1.71 bits per heavy atom. The summed E-state index contributed by atoms with van der Waals surface area (Å²) in [6, 6.07) is -1.15. The molecule has 1 atom stereocenters. The molecule has 0 bridgehead atoms. The van der Waals surface area contributed by atoms with Gasteiger partial charge in [-0.15, -0.1) is 0 Å². The third-order valence-corrected chi connectivity index (χ3v) is 2.24. The second-order valence-corrected chi connectivity index (χ2v) is 3.63. The number of hydrogen-bond donors (Lipinski definition) is 3. The van der Waals surface area contributed by atoms with Crippen molar-refractivity contribution in [2.24, 2.45) is 0 Å². The summed E-state index contributed by atoms with van der Waals surface area (Å²) < 4.78 is 0. The number of carbonyl (C=O) groups excluding carboxylic acids is 3. The molecule has 3 amide bonds. The zero-order valence-electron chi connectivity index (χ0n) is 9.47. The molecule has 0 saturated heterocycles. The molecular weight excluding hydrogens is 248 g/mol. The SMILES string of the molecule is CC(=O)N(CC(=O)N[C@@H](CS)C(=O)O)C(C)=O. The van der Waals surface area contributed by atoms with Gasteiger partial charge in [0.15, 0.2) is 0 Å². The van der Waals surface area contributed by atoms with Crippen LogP contribution in [0.25, 0.3) is 0 Å². The van der Waals surface area contributed by atoms with Crippen LogP contribution in [0.2, 0.25) is 0 Å². The lowest BCUT2D eigenvalue weighted by molar-refractivity contribution is -0.146. The van der Waals surface area contributed by atoms with Crippen molar-refractivity contribution in [3.05, 3.63) is 0 Å². The van der Waals surface area contributed by atoms with Crippen LogP contribution in [0.1, 0.15) is 13.8 Å². The molecule has 0 aromatic rings. The Morgan fingerprint density at radius 3 is 2.00 bits per heavy atom. The van der Waals surface area contributed by atoms with Crippen molar-refractivity contribution >= 4 is 36.3 Å². The van der Waals surface area contributed by atoms with E-state index in [0.717, 1.165) is 13.8 Å². The number of amides is 3. The fraction of sp³-hybridized carbons (Fsp3) is 0.556. The number of carboxylic acids is 1. The Balaban J connectivity index is 4.47. The zero-order chi connectivity index (χ0) is 13.6. The quantitative estimate of drug-likeness (QED) is 0.544. The summed E-state index contributed by atoms with van der Waals surface area (Å²) in [6.45, 7) is 1.78. The first kappa shape index (κ1) is 15.4. The topological polar surface area (TPSA) is 104 Å². The minimum absolute atomic E-state index is 0.0821. The number of carbonyl (C=O) groups is 4. The number of nitrogens with one attached hydrogen (secondary N) is 1. The first-order valence-corrected chi connectivity index (χ1v) is 5.34. The Kier molecular flexibility index (Phi) is 6.26. The smallest absolute Gasteiger partial charge is 0.327 e. The van der Waals surface area contributed by atoms with Gasteiger partial charge in [-0.1, -0.05) is 0 Å². The summed E-state index contributed by atoms with van der Waals surface area (Å²) in [5, 5.41) is 10.8. The van der Waals surface area contributed by atoms with E-state index in [0.29, 0.717) is 4.90 Å². The van der Waals surface area contributed by atoms with E-state index in [1.807, 2.05) is 0 Å². The lowest BCUT2D eigenvalue weighted by Crippen LogP contribution is -2.48. The fourth-order valence-electron chi connectivity index (χ4n) is 1.01. The zero-order valence-corrected chi connectivity index (χ0v) is 10.4. The van der Waals surface area contributed by atoms with E-state index < -0.39 is 36.3 Å². The Morgan fingerprint density at radius 1 is 1.24 bits per heavy atom. The van der Waals surface area contributed by atoms with Crippen LogP contribution in [0.4, 0.5) is 0 Å². The van der Waals surface area contributed by atoms with E-state index in [-0.39, 0.29) is 5.75 Å². The highest BCUT2D eigenvalue weighted by Crippen LogP contribution is 1.93. The number of hydrogen-bond acceptors (Lipinski definition) is 5. The standard InChI is InChI=1S/C9H14N2O5S/c1-5(12)11(6(2)13)3-8(14)10-7(4-17)9(15)16/h7,17H,3-4H2,1-2H3,(H,10,14)(H,15,16)/t7-/m0/s1. The largest absolute Gasteiger partial charge is 0.480 e. The van der Waals surface area contributed by atoms with Crippen LogP contribution in [0.5, 0.6) is 0 Å². The average Bonchev–Trinajstić information content (AvgIpc) is 2.21. The summed E-state index contributed by atoms with van der Waals surface area (Å²) in [7, 11) is 0. The molecule has 0 aromatic carbocycles. The van der Waals surface area contributed by atoms with Gasteiger partial charge in [0.2, 0.25) is 17.7 Å². The molecule has 96 valence electrons. The molecule has 0 radical (unpaired) electrons. The van der Waals surface area contributed by atoms with Gasteiger partial charge in [-0.2, -0.15) is 12.6 Å². The Hall–Kier alpha value is -1.57. The fourth-order valence-corrected chi connectivity index (χ4v) is 1.26. The summed E-state index contributed by atoms with van der Waals surface area (Å²) >= 11 is 3.76. The molecule has 0 aliphatic heterocycles. The van der Waals surface area contributed by atoms with E-state index >= 15 is 0 Å². The number of carboxylic acid groups (broad SMARTS) is 1. The van der Waals surface area contributed by atoms with Crippen LogP contribution >= 0.6 is 12.6 Å². The lowest BCUT2D eigenvalue weighted by atomic mass is 10.3. The van der Waals surface area contributed by atoms with E-state index in [2.05, 4.69) is 17.9 Å². The van der Waals surface area contributed by atoms with E-state index in [1.54, 1.807) is 0 Å². The first-order valence-electron chi connectivity index (χ1n) is 4.71. The van der Waals surface area contributed by atoms with Crippen molar-refractivity contribution in [3.63, 3.8) is 0 Å². The van der Waals surface area contributed by atoms with Crippen LogP contribution in [0.3, 0.4) is 0 Å². The molecule has 0 aliphatic carbocycles. The minimum atomic E-state index is -1.23. The third kappa shape index (κ3) is 5.34. The molecule has 0 unspecified atom stereocenters. The van der Waals surface area contributed by atoms with Crippen LogP contribution < -0.4 is 5.32 Å². The average molecular weight is 262 g/mol. The van der Waals surface area contributed by atoms with Crippen molar-refractivity contribution in [2.75, 3.05) is 12.3 Å². The maximum absolute atomic E-state index is 11.4. The third-order valence-electron chi connectivity index (χ3n) is 1.88. The predicted octanol–water partition coefficient (Wildman–Crippen LogP) is -1.12. The van der Waals surface area contributed by atoms with Gasteiger partial charge in [-0.3, -0.25) is 19.3 Å². The normalized spacial score (nSPS) is 11.5. The molecule has 0 aromatic heterocycles. The maximum Gasteiger partial charge on any atom is 0.327 e. The summed E-state index contributed by atoms with van der Waals surface area (Å²) in [5.41, 5.74) is 0.